The van der Waals surface area contributed by atoms with Gasteiger partial charge in [0.15, 0.2) is 0 Å². The normalized spacial score (nSPS) is 13.7. The molecule has 0 bridgehead atoms. The van der Waals surface area contributed by atoms with E-state index in [1.807, 2.05) is 5.32 Å². The van der Waals surface area contributed by atoms with Crippen LogP contribution < -0.4 is 33.2 Å². The molecule has 1 aromatic carbocycles. The molecule has 0 fully saturated rings. The molecule has 208 valence electrons. The average molecular weight is 537 g/mol. The van der Waals surface area contributed by atoms with Gasteiger partial charge in [0.1, 0.15) is 18.1 Å². The molecule has 4 unspecified atom stereocenters. The predicted octanol–water partition coefficient (Wildman–Crippen LogP) is -2.90. The maximum Gasteiger partial charge on any atom is 0.326 e. The number of primary amides is 2. The van der Waals surface area contributed by atoms with Crippen molar-refractivity contribution in [2.45, 2.75) is 62.7 Å². The van der Waals surface area contributed by atoms with Gasteiger partial charge < -0.3 is 43.4 Å². The van der Waals surface area contributed by atoms with Gasteiger partial charge in [0.25, 0.3) is 0 Å². The van der Waals surface area contributed by atoms with Gasteiger partial charge in [-0.2, -0.15) is 0 Å². The molecule has 5 amide bonds. The molecule has 0 aliphatic carbocycles. The molecular formula is C23H32N6O9. The molecule has 0 radical (unpaired) electrons. The number of nitrogens with one attached hydrogen (secondary N) is 3. The summed E-state index contributed by atoms with van der Waals surface area (Å²) in [5.74, 6) is -7.32. The van der Waals surface area contributed by atoms with Crippen molar-refractivity contribution in [3.63, 3.8) is 0 Å². The van der Waals surface area contributed by atoms with E-state index in [1.54, 1.807) is 30.3 Å². The van der Waals surface area contributed by atoms with Gasteiger partial charge in [-0.05, 0) is 18.4 Å². The van der Waals surface area contributed by atoms with Crippen LogP contribution in [0.4, 0.5) is 0 Å². The number of carbonyl (C=O) groups is 7. The number of benzene rings is 1. The van der Waals surface area contributed by atoms with E-state index in [0.717, 1.165) is 0 Å². The Morgan fingerprint density at radius 2 is 1.21 bits per heavy atom. The summed E-state index contributed by atoms with van der Waals surface area (Å²) in [6, 6.07) is 2.74. The van der Waals surface area contributed by atoms with Crippen molar-refractivity contribution in [3.05, 3.63) is 35.9 Å². The summed E-state index contributed by atoms with van der Waals surface area (Å²) in [7, 11) is 0. The predicted molar refractivity (Wildman–Crippen MR) is 131 cm³/mol. The Bertz CT molecular complexity index is 1030. The van der Waals surface area contributed by atoms with Crippen molar-refractivity contribution in [1.29, 1.82) is 0 Å². The largest absolute Gasteiger partial charge is 0.481 e. The van der Waals surface area contributed by atoms with Gasteiger partial charge in [0.05, 0.1) is 12.5 Å². The van der Waals surface area contributed by atoms with Gasteiger partial charge in [0.2, 0.25) is 29.5 Å². The number of nitrogens with two attached hydrogens (primary N) is 3. The van der Waals surface area contributed by atoms with E-state index in [1.165, 1.54) is 0 Å². The number of rotatable bonds is 17. The molecule has 4 atom stereocenters. The Morgan fingerprint density at radius 3 is 1.74 bits per heavy atom. The number of carboxylic acid groups (broad SMARTS) is 2. The van der Waals surface area contributed by atoms with Crippen LogP contribution in [-0.4, -0.2) is 75.9 Å². The Morgan fingerprint density at radius 1 is 0.711 bits per heavy atom. The summed E-state index contributed by atoms with van der Waals surface area (Å²) in [5.41, 5.74) is 16.6. The molecule has 0 aliphatic rings. The van der Waals surface area contributed by atoms with E-state index in [2.05, 4.69) is 10.6 Å². The van der Waals surface area contributed by atoms with Crippen LogP contribution in [0.3, 0.4) is 0 Å². The summed E-state index contributed by atoms with van der Waals surface area (Å²) in [6.45, 7) is 0. The molecule has 0 heterocycles. The second kappa shape index (κ2) is 15.6. The fourth-order valence-electron chi connectivity index (χ4n) is 3.24. The smallest absolute Gasteiger partial charge is 0.326 e. The summed E-state index contributed by atoms with van der Waals surface area (Å²) in [5, 5.41) is 24.9. The lowest BCUT2D eigenvalue weighted by atomic mass is 10.0. The van der Waals surface area contributed by atoms with Gasteiger partial charge in [-0.25, -0.2) is 4.79 Å². The fraction of sp³-hybridized carbons (Fsp3) is 0.435. The number of carbonyl (C=O) groups excluding carboxylic acids is 5. The lowest BCUT2D eigenvalue weighted by Crippen LogP contribution is -2.57. The minimum absolute atomic E-state index is 0.0398. The Balaban J connectivity index is 3.13. The minimum atomic E-state index is -1.81. The van der Waals surface area contributed by atoms with Crippen LogP contribution in [-0.2, 0) is 40.0 Å². The van der Waals surface area contributed by atoms with E-state index in [-0.39, 0.29) is 32.1 Å². The second-order valence-electron chi connectivity index (χ2n) is 8.43. The highest BCUT2D eigenvalue weighted by Gasteiger charge is 2.31. The highest BCUT2D eigenvalue weighted by molar-refractivity contribution is 5.95. The molecule has 0 aliphatic heterocycles. The maximum atomic E-state index is 13.2. The van der Waals surface area contributed by atoms with Crippen molar-refractivity contribution >= 4 is 41.5 Å². The minimum Gasteiger partial charge on any atom is -0.481 e. The Labute approximate surface area is 217 Å². The Hall–Kier alpha value is -4.53. The van der Waals surface area contributed by atoms with Crippen molar-refractivity contribution < 1.29 is 43.8 Å². The van der Waals surface area contributed by atoms with Crippen LogP contribution in [0, 0.1) is 0 Å². The topological polar surface area (TPSA) is 274 Å². The molecule has 11 N–H and O–H groups in total. The van der Waals surface area contributed by atoms with Crippen LogP contribution in [0.2, 0.25) is 0 Å². The highest BCUT2D eigenvalue weighted by atomic mass is 16.4. The van der Waals surface area contributed by atoms with Crippen LogP contribution in [0.25, 0.3) is 0 Å². The fourth-order valence-corrected chi connectivity index (χ4v) is 3.24. The second-order valence-corrected chi connectivity index (χ2v) is 8.43. The molecule has 1 rings (SSSR count). The zero-order valence-electron chi connectivity index (χ0n) is 20.4. The van der Waals surface area contributed by atoms with E-state index < -0.39 is 72.1 Å². The van der Waals surface area contributed by atoms with Crippen molar-refractivity contribution in [1.82, 2.24) is 16.0 Å². The standard InChI is InChI=1S/C23H32N6O9/c24-13(6-8-17(25)30)20(34)28-15(10-12-4-2-1-3-5-12)22(36)27-14(7-9-18(26)31)21(35)29-16(23(37)38)11-19(32)33/h1-5,13-16H,6-11,24H2,(H2,25,30)(H2,26,31)(H,27,36)(H,28,34)(H,29,35)(H,32,33)(H,37,38). The summed E-state index contributed by atoms with van der Waals surface area (Å²) >= 11 is 0. The molecule has 0 spiro atoms. The van der Waals surface area contributed by atoms with Crippen LogP contribution in [0.15, 0.2) is 30.3 Å². The van der Waals surface area contributed by atoms with Crippen molar-refractivity contribution in [3.8, 4) is 0 Å². The third-order valence-corrected chi connectivity index (χ3v) is 5.26. The van der Waals surface area contributed by atoms with Gasteiger partial charge in [-0.15, -0.1) is 0 Å². The quantitative estimate of drug-likeness (QED) is 0.100. The summed E-state index contributed by atoms with van der Waals surface area (Å²) < 4.78 is 0. The molecule has 38 heavy (non-hydrogen) atoms. The summed E-state index contributed by atoms with van der Waals surface area (Å²) in [6.07, 6.45) is -1.93. The van der Waals surface area contributed by atoms with Crippen molar-refractivity contribution in [2.24, 2.45) is 17.2 Å². The molecule has 1 aromatic rings. The number of hydrogen-bond acceptors (Lipinski definition) is 8. The van der Waals surface area contributed by atoms with E-state index in [4.69, 9.17) is 22.3 Å². The van der Waals surface area contributed by atoms with E-state index in [0.29, 0.717) is 5.56 Å². The zero-order valence-corrected chi connectivity index (χ0v) is 20.4. The number of amides is 5. The molecule has 0 saturated carbocycles. The summed E-state index contributed by atoms with van der Waals surface area (Å²) in [4.78, 5) is 83.1. The monoisotopic (exact) mass is 536 g/mol. The average Bonchev–Trinajstić information content (AvgIpc) is 2.83. The lowest BCUT2D eigenvalue weighted by Gasteiger charge is -2.25. The first kappa shape index (κ1) is 31.5. The van der Waals surface area contributed by atoms with Crippen LogP contribution >= 0.6 is 0 Å². The molecule has 0 aromatic heterocycles. The third-order valence-electron chi connectivity index (χ3n) is 5.26. The zero-order chi connectivity index (χ0) is 28.8. The molecule has 15 nitrogen and oxygen atoms in total. The Kier molecular flexibility index (Phi) is 12.9. The molecule has 15 heteroatoms. The van der Waals surface area contributed by atoms with Gasteiger partial charge >= 0.3 is 11.9 Å². The van der Waals surface area contributed by atoms with Gasteiger partial charge in [-0.3, -0.25) is 28.8 Å². The number of aliphatic carboxylic acids is 2. The van der Waals surface area contributed by atoms with Crippen LogP contribution in [0.5, 0.6) is 0 Å². The van der Waals surface area contributed by atoms with Gasteiger partial charge in [0, 0.05) is 19.3 Å². The first-order valence-electron chi connectivity index (χ1n) is 11.5. The molecular weight excluding hydrogens is 504 g/mol. The van der Waals surface area contributed by atoms with E-state index in [9.17, 15) is 38.7 Å². The first-order valence-corrected chi connectivity index (χ1v) is 11.5. The maximum absolute atomic E-state index is 13.2. The first-order chi connectivity index (χ1) is 17.8. The lowest BCUT2D eigenvalue weighted by molar-refractivity contribution is -0.147. The van der Waals surface area contributed by atoms with Crippen molar-refractivity contribution in [2.75, 3.05) is 0 Å². The highest BCUT2D eigenvalue weighted by Crippen LogP contribution is 2.07. The number of hydrogen-bond donors (Lipinski definition) is 8. The number of carboxylic acids is 2. The van der Waals surface area contributed by atoms with Crippen LogP contribution in [0.1, 0.15) is 37.7 Å². The molecule has 0 saturated heterocycles. The van der Waals surface area contributed by atoms with Gasteiger partial charge in [-0.1, -0.05) is 30.3 Å². The van der Waals surface area contributed by atoms with E-state index >= 15 is 0 Å². The SMILES string of the molecule is NC(=O)CCC(N)C(=O)NC(Cc1ccccc1)C(=O)NC(CCC(N)=O)C(=O)NC(CC(=O)O)C(=O)O. The third kappa shape index (κ3) is 11.9.